The SMILES string of the molecule is C#CCCCCCC=C.C#CCCCCCC=C.C=CCCCCCc1cn(COCCOCCOCCO)nn1.C=CCCCCCc1cn(COCCOCCOCCO)nn1. The van der Waals surface area contributed by atoms with Crippen molar-refractivity contribution in [3.63, 3.8) is 0 Å². The van der Waals surface area contributed by atoms with Gasteiger partial charge < -0.3 is 38.6 Å². The molecule has 0 radical (unpaired) electrons. The van der Waals surface area contributed by atoms with Crippen molar-refractivity contribution in [1.29, 1.82) is 0 Å². The number of aliphatic hydroxyl groups excluding tert-OH is 2. The molecule has 2 aromatic heterocycles. The molecule has 0 atom stereocenters. The smallest absolute Gasteiger partial charge is 0.141 e. The molecule has 0 saturated heterocycles. The monoisotopic (exact) mass is 899 g/mol. The van der Waals surface area contributed by atoms with Gasteiger partial charge in [0, 0.05) is 12.8 Å². The molecule has 14 heteroatoms. The van der Waals surface area contributed by atoms with Crippen LogP contribution in [0.15, 0.2) is 63.0 Å². The van der Waals surface area contributed by atoms with Crippen LogP contribution in [0.3, 0.4) is 0 Å². The molecular formula is C50H86N6O8. The lowest BCUT2D eigenvalue weighted by atomic mass is 10.1. The summed E-state index contributed by atoms with van der Waals surface area (Å²) < 4.78 is 35.1. The van der Waals surface area contributed by atoms with Crippen molar-refractivity contribution in [2.75, 3.05) is 79.3 Å². The van der Waals surface area contributed by atoms with E-state index in [1.54, 1.807) is 9.36 Å². The summed E-state index contributed by atoms with van der Waals surface area (Å²) in [5, 5.41) is 33.4. The summed E-state index contributed by atoms with van der Waals surface area (Å²) in [5.41, 5.74) is 2.01. The van der Waals surface area contributed by atoms with Gasteiger partial charge in [-0.1, -0.05) is 60.4 Å². The van der Waals surface area contributed by atoms with Crippen LogP contribution in [-0.2, 0) is 54.7 Å². The number of ether oxygens (including phenoxy) is 6. The first kappa shape index (κ1) is 62.1. The quantitative estimate of drug-likeness (QED) is 0.0372. The molecule has 0 fully saturated rings. The zero-order chi connectivity index (χ0) is 47.1. The van der Waals surface area contributed by atoms with Crippen LogP contribution < -0.4 is 0 Å². The lowest BCUT2D eigenvalue weighted by molar-refractivity contribution is -0.00872. The van der Waals surface area contributed by atoms with Crippen LogP contribution in [0.1, 0.15) is 127 Å². The van der Waals surface area contributed by atoms with Gasteiger partial charge in [0.15, 0.2) is 0 Å². The minimum Gasteiger partial charge on any atom is -0.394 e. The van der Waals surface area contributed by atoms with Crippen LogP contribution in [0.5, 0.6) is 0 Å². The van der Waals surface area contributed by atoms with E-state index in [4.69, 9.17) is 51.5 Å². The normalized spacial score (nSPS) is 10.2. The van der Waals surface area contributed by atoms with Gasteiger partial charge in [0.1, 0.15) is 13.5 Å². The maximum absolute atomic E-state index is 8.53. The number of terminal acetylenes is 2. The van der Waals surface area contributed by atoms with Crippen molar-refractivity contribution in [2.24, 2.45) is 0 Å². The van der Waals surface area contributed by atoms with Crippen LogP contribution in [0, 0.1) is 24.7 Å². The Labute approximate surface area is 387 Å². The second kappa shape index (κ2) is 55.2. The number of aromatic nitrogens is 6. The third-order valence-corrected chi connectivity index (χ3v) is 8.72. The molecule has 364 valence electrons. The number of unbranched alkanes of at least 4 members (excludes halogenated alkanes) is 14. The van der Waals surface area contributed by atoms with Crippen molar-refractivity contribution < 1.29 is 38.6 Å². The fourth-order valence-electron chi connectivity index (χ4n) is 5.29. The molecule has 0 bridgehead atoms. The first-order valence-electron chi connectivity index (χ1n) is 23.3. The fourth-order valence-corrected chi connectivity index (χ4v) is 5.29. The van der Waals surface area contributed by atoms with Gasteiger partial charge in [-0.25, -0.2) is 9.36 Å². The van der Waals surface area contributed by atoms with Gasteiger partial charge in [-0.15, -0.1) is 61.2 Å². The second-order valence-electron chi connectivity index (χ2n) is 14.4. The molecule has 2 rings (SSSR count). The highest BCUT2D eigenvalue weighted by atomic mass is 16.6. The van der Waals surface area contributed by atoms with E-state index in [1.807, 2.05) is 36.7 Å². The summed E-state index contributed by atoms with van der Waals surface area (Å²) in [6, 6.07) is 0. The molecule has 14 nitrogen and oxygen atoms in total. The van der Waals surface area contributed by atoms with E-state index < -0.39 is 0 Å². The minimum atomic E-state index is 0.0395. The van der Waals surface area contributed by atoms with E-state index in [1.165, 1.54) is 64.2 Å². The summed E-state index contributed by atoms with van der Waals surface area (Å²) in [5.74, 6) is 5.24. The second-order valence-corrected chi connectivity index (χ2v) is 14.4. The number of hydrogen-bond acceptors (Lipinski definition) is 12. The fraction of sp³-hybridized carbons (Fsp3) is 0.680. The Bertz CT molecular complexity index is 1270. The predicted octanol–water partition coefficient (Wildman–Crippen LogP) is 8.65. The minimum absolute atomic E-state index is 0.0395. The first-order chi connectivity index (χ1) is 31.6. The van der Waals surface area contributed by atoms with Crippen molar-refractivity contribution in [3.05, 3.63) is 74.4 Å². The average Bonchev–Trinajstić information content (AvgIpc) is 3.97. The maximum Gasteiger partial charge on any atom is 0.141 e. The van der Waals surface area contributed by atoms with Gasteiger partial charge in [-0.05, 0) is 89.9 Å². The molecule has 0 aliphatic heterocycles. The Morgan fingerprint density at radius 3 is 1.08 bits per heavy atom. The molecular weight excluding hydrogens is 813 g/mol. The van der Waals surface area contributed by atoms with Gasteiger partial charge in [0.2, 0.25) is 0 Å². The Morgan fingerprint density at radius 1 is 0.453 bits per heavy atom. The lowest BCUT2D eigenvalue weighted by Gasteiger charge is -2.05. The molecule has 0 aliphatic rings. The number of nitrogens with zero attached hydrogens (tertiary/aromatic N) is 6. The Kier molecular flexibility index (Phi) is 53.6. The molecule has 0 saturated carbocycles. The van der Waals surface area contributed by atoms with Crippen molar-refractivity contribution in [2.45, 2.75) is 142 Å². The van der Waals surface area contributed by atoms with Gasteiger partial charge in [0.25, 0.3) is 0 Å². The molecule has 0 unspecified atom stereocenters. The van der Waals surface area contributed by atoms with E-state index in [-0.39, 0.29) is 13.2 Å². The third-order valence-electron chi connectivity index (χ3n) is 8.72. The highest BCUT2D eigenvalue weighted by Gasteiger charge is 2.02. The third kappa shape index (κ3) is 49.1. The highest BCUT2D eigenvalue weighted by molar-refractivity contribution is 4.92. The summed E-state index contributed by atoms with van der Waals surface area (Å²) in [6.07, 6.45) is 44.3. The number of aliphatic hydroxyl groups is 2. The molecule has 2 N–H and O–H groups in total. The van der Waals surface area contributed by atoms with Crippen molar-refractivity contribution in [3.8, 4) is 24.7 Å². The number of aryl methyl sites for hydroxylation is 2. The van der Waals surface area contributed by atoms with E-state index in [0.717, 1.165) is 75.6 Å². The topological polar surface area (TPSA) is 157 Å². The van der Waals surface area contributed by atoms with Crippen LogP contribution in [-0.4, -0.2) is 119 Å². The van der Waals surface area contributed by atoms with Gasteiger partial charge in [-0.2, -0.15) is 0 Å². The molecule has 64 heavy (non-hydrogen) atoms. The van der Waals surface area contributed by atoms with E-state index in [0.29, 0.717) is 79.5 Å². The molecule has 0 spiro atoms. The van der Waals surface area contributed by atoms with Gasteiger partial charge in [-0.3, -0.25) is 0 Å². The van der Waals surface area contributed by atoms with Crippen LogP contribution in [0.25, 0.3) is 0 Å². The Morgan fingerprint density at radius 2 is 0.766 bits per heavy atom. The Balaban J connectivity index is 0. The first-order valence-corrected chi connectivity index (χ1v) is 23.3. The van der Waals surface area contributed by atoms with E-state index in [9.17, 15) is 0 Å². The zero-order valence-corrected chi connectivity index (χ0v) is 39.5. The summed E-state index contributed by atoms with van der Waals surface area (Å²) >= 11 is 0. The van der Waals surface area contributed by atoms with Crippen molar-refractivity contribution >= 4 is 0 Å². The number of allylic oxidation sites excluding steroid dienone is 4. The summed E-state index contributed by atoms with van der Waals surface area (Å²) in [7, 11) is 0. The largest absolute Gasteiger partial charge is 0.394 e. The summed E-state index contributed by atoms with van der Waals surface area (Å²) in [4.78, 5) is 0. The molecule has 0 aliphatic carbocycles. The molecule has 0 aromatic carbocycles. The highest BCUT2D eigenvalue weighted by Crippen LogP contribution is 2.07. The van der Waals surface area contributed by atoms with Gasteiger partial charge >= 0.3 is 0 Å². The maximum atomic E-state index is 8.53. The average molecular weight is 899 g/mol. The molecule has 2 aromatic rings. The van der Waals surface area contributed by atoms with Crippen LogP contribution in [0.2, 0.25) is 0 Å². The number of hydrogen-bond donors (Lipinski definition) is 2. The zero-order valence-electron chi connectivity index (χ0n) is 39.5. The van der Waals surface area contributed by atoms with Crippen LogP contribution >= 0.6 is 0 Å². The van der Waals surface area contributed by atoms with Crippen LogP contribution in [0.4, 0.5) is 0 Å². The lowest BCUT2D eigenvalue weighted by Crippen LogP contribution is -2.12. The number of rotatable bonds is 42. The molecule has 0 amide bonds. The van der Waals surface area contributed by atoms with E-state index in [2.05, 4.69) is 58.8 Å². The summed E-state index contributed by atoms with van der Waals surface area (Å²) in [6.45, 7) is 20.2. The van der Waals surface area contributed by atoms with E-state index >= 15 is 0 Å². The van der Waals surface area contributed by atoms with Gasteiger partial charge in [0.05, 0.1) is 103 Å². The standard InChI is InChI=1S/2C16H29N3O4.2C9H14/c2*1-2-3-4-5-6-7-16-14-19(18-17-16)15-23-13-12-22-11-10-21-9-8-20;2*1-3-5-7-9-8-6-4-2/h2*2,14,20H,1,3-13,15H2;2*1,4H,2,5-9H2. The Hall–Kier alpha value is -3.96. The predicted molar refractivity (Wildman–Crippen MR) is 258 cm³/mol. The van der Waals surface area contributed by atoms with Crippen molar-refractivity contribution in [1.82, 2.24) is 30.0 Å². The molecule has 2 heterocycles.